The maximum absolute atomic E-state index is 7.00. The molecule has 0 N–H and O–H groups in total. The molecule has 288 valence electrons. The number of fused-ring (bicyclic) bond motifs is 10. The SMILES string of the molecule is c1ccc(B(c2cccc3ccccc23)c2cc3c4cccc5c4c(cc3c3ccccc23)-c2ccc(N(c3ccccc3)c3cccc4c3oc3ccccc34)cc2O5)cc1. The van der Waals surface area contributed by atoms with Crippen LogP contribution in [0.3, 0.4) is 0 Å². The average molecular weight is 790 g/mol. The summed E-state index contributed by atoms with van der Waals surface area (Å²) < 4.78 is 13.6. The lowest BCUT2D eigenvalue weighted by Gasteiger charge is -2.28. The molecule has 0 aliphatic carbocycles. The summed E-state index contributed by atoms with van der Waals surface area (Å²) >= 11 is 0. The second-order valence-corrected chi connectivity index (χ2v) is 16.3. The summed E-state index contributed by atoms with van der Waals surface area (Å²) in [6.45, 7) is 0.00999. The Morgan fingerprint density at radius 1 is 0.371 bits per heavy atom. The number of rotatable bonds is 6. The van der Waals surface area contributed by atoms with Gasteiger partial charge in [-0.25, -0.2) is 0 Å². The van der Waals surface area contributed by atoms with Crippen molar-refractivity contribution in [1.29, 1.82) is 0 Å². The molecule has 0 fully saturated rings. The summed E-state index contributed by atoms with van der Waals surface area (Å²) in [4.78, 5) is 2.28. The molecule has 12 aromatic rings. The number of nitrogens with zero attached hydrogens (tertiary/aromatic N) is 1. The highest BCUT2D eigenvalue weighted by Gasteiger charge is 2.29. The second kappa shape index (κ2) is 13.7. The number of benzene rings is 11. The van der Waals surface area contributed by atoms with Gasteiger partial charge in [-0.15, -0.1) is 0 Å². The minimum absolute atomic E-state index is 0.00999. The molecule has 1 aromatic heterocycles. The van der Waals surface area contributed by atoms with E-state index in [2.05, 4.69) is 211 Å². The van der Waals surface area contributed by atoms with Gasteiger partial charge in [0, 0.05) is 33.5 Å². The van der Waals surface area contributed by atoms with E-state index in [1.165, 1.54) is 59.7 Å². The number of hydrogen-bond acceptors (Lipinski definition) is 3. The fraction of sp³-hybridized carbons (Fsp3) is 0. The highest BCUT2D eigenvalue weighted by atomic mass is 16.5. The Hall–Kier alpha value is -8.08. The minimum Gasteiger partial charge on any atom is -0.456 e. The molecule has 13 rings (SSSR count). The summed E-state index contributed by atoms with van der Waals surface area (Å²) in [5.74, 6) is 1.68. The first kappa shape index (κ1) is 34.8. The van der Waals surface area contributed by atoms with Crippen LogP contribution in [-0.4, -0.2) is 6.71 Å². The van der Waals surface area contributed by atoms with Crippen molar-refractivity contribution in [2.75, 3.05) is 4.90 Å². The zero-order valence-electron chi connectivity index (χ0n) is 33.6. The fourth-order valence-corrected chi connectivity index (χ4v) is 10.3. The fourth-order valence-electron chi connectivity index (χ4n) is 10.3. The number of anilines is 3. The van der Waals surface area contributed by atoms with Crippen LogP contribution in [0.4, 0.5) is 17.1 Å². The lowest BCUT2D eigenvalue weighted by atomic mass is 9.35. The molecule has 0 saturated carbocycles. The number of hydrogen-bond donors (Lipinski definition) is 0. The summed E-state index contributed by atoms with van der Waals surface area (Å²) in [7, 11) is 0. The lowest BCUT2D eigenvalue weighted by molar-refractivity contribution is 0.487. The Morgan fingerprint density at radius 3 is 1.90 bits per heavy atom. The van der Waals surface area contributed by atoms with E-state index < -0.39 is 0 Å². The van der Waals surface area contributed by atoms with Crippen molar-refractivity contribution in [1.82, 2.24) is 0 Å². The standard InChI is InChI=1S/C58H36BNO2/c1-3-18-38(19-4-1)59(51-28-13-17-37-16-7-8-22-41(37)51)52-36-49-46-26-15-31-55-57(46)50(35-48(49)42-23-9-10-24-43(42)52)45-33-32-40(34-56(45)61-55)60(39-20-5-2-6-21-39)53-29-14-27-47-44-25-11-12-30-54(44)62-58(47)53/h1-36H. The van der Waals surface area contributed by atoms with Crippen molar-refractivity contribution in [2.24, 2.45) is 0 Å². The molecule has 0 amide bonds. The molecule has 62 heavy (non-hydrogen) atoms. The molecule has 0 atom stereocenters. The van der Waals surface area contributed by atoms with E-state index in [0.717, 1.165) is 61.4 Å². The van der Waals surface area contributed by atoms with Crippen LogP contribution in [0, 0.1) is 0 Å². The van der Waals surface area contributed by atoms with Crippen molar-refractivity contribution in [3.63, 3.8) is 0 Å². The first-order valence-corrected chi connectivity index (χ1v) is 21.3. The van der Waals surface area contributed by atoms with Crippen molar-refractivity contribution >= 4 is 105 Å². The summed E-state index contributed by atoms with van der Waals surface area (Å²) in [5.41, 5.74) is 10.8. The Kier molecular flexibility index (Phi) is 7.70. The van der Waals surface area contributed by atoms with Gasteiger partial charge < -0.3 is 14.1 Å². The number of para-hydroxylation sites is 3. The zero-order valence-corrected chi connectivity index (χ0v) is 33.6. The predicted molar refractivity (Wildman–Crippen MR) is 261 cm³/mol. The van der Waals surface area contributed by atoms with Gasteiger partial charge in [-0.1, -0.05) is 180 Å². The molecule has 4 heteroatoms. The van der Waals surface area contributed by atoms with E-state index in [9.17, 15) is 0 Å². The van der Waals surface area contributed by atoms with Gasteiger partial charge in [0.25, 0.3) is 0 Å². The molecule has 0 unspecified atom stereocenters. The Labute approximate surface area is 358 Å². The molecule has 0 saturated heterocycles. The van der Waals surface area contributed by atoms with E-state index in [0.29, 0.717) is 0 Å². The van der Waals surface area contributed by atoms with Gasteiger partial charge in [-0.3, -0.25) is 0 Å². The molecule has 0 spiro atoms. The van der Waals surface area contributed by atoms with Gasteiger partial charge in [0.15, 0.2) is 5.58 Å². The normalized spacial score (nSPS) is 12.0. The maximum Gasteiger partial charge on any atom is 0.242 e. The average Bonchev–Trinajstić information content (AvgIpc) is 3.72. The van der Waals surface area contributed by atoms with Crippen LogP contribution in [0.1, 0.15) is 0 Å². The first-order chi connectivity index (χ1) is 30.8. The third-order valence-corrected chi connectivity index (χ3v) is 12.9. The number of ether oxygens (including phenoxy) is 1. The third kappa shape index (κ3) is 5.27. The van der Waals surface area contributed by atoms with Crippen molar-refractivity contribution < 1.29 is 9.15 Å². The summed E-state index contributed by atoms with van der Waals surface area (Å²) in [6, 6.07) is 78.7. The Bertz CT molecular complexity index is 3740. The largest absolute Gasteiger partial charge is 0.456 e. The van der Waals surface area contributed by atoms with Gasteiger partial charge in [0.1, 0.15) is 17.1 Å². The van der Waals surface area contributed by atoms with Crippen LogP contribution in [-0.2, 0) is 0 Å². The highest BCUT2D eigenvalue weighted by molar-refractivity contribution is 6.98. The lowest BCUT2D eigenvalue weighted by Crippen LogP contribution is -2.52. The van der Waals surface area contributed by atoms with Crippen molar-refractivity contribution in [3.05, 3.63) is 218 Å². The quantitative estimate of drug-likeness (QED) is 0.124. The predicted octanol–water partition coefficient (Wildman–Crippen LogP) is 14.0. The van der Waals surface area contributed by atoms with Crippen LogP contribution in [0.5, 0.6) is 11.5 Å². The highest BCUT2D eigenvalue weighted by Crippen LogP contribution is 2.51. The molecule has 3 nitrogen and oxygen atoms in total. The molecule has 2 heterocycles. The van der Waals surface area contributed by atoms with Crippen molar-refractivity contribution in [2.45, 2.75) is 0 Å². The van der Waals surface area contributed by atoms with Crippen LogP contribution in [0.25, 0.3) is 76.2 Å². The van der Waals surface area contributed by atoms with E-state index in [1.54, 1.807) is 0 Å². The second-order valence-electron chi connectivity index (χ2n) is 16.3. The molecule has 0 radical (unpaired) electrons. The molecule has 1 aliphatic heterocycles. The van der Waals surface area contributed by atoms with E-state index >= 15 is 0 Å². The summed E-state index contributed by atoms with van der Waals surface area (Å²) in [6.07, 6.45) is 0. The molecular formula is C58H36BNO2. The van der Waals surface area contributed by atoms with E-state index in [1.807, 2.05) is 12.1 Å². The topological polar surface area (TPSA) is 25.6 Å². The van der Waals surface area contributed by atoms with Crippen LogP contribution in [0.2, 0.25) is 0 Å². The maximum atomic E-state index is 7.00. The first-order valence-electron chi connectivity index (χ1n) is 21.3. The van der Waals surface area contributed by atoms with Gasteiger partial charge in [0.2, 0.25) is 6.71 Å². The zero-order chi connectivity index (χ0) is 40.7. The number of furan rings is 1. The molecule has 0 bridgehead atoms. The third-order valence-electron chi connectivity index (χ3n) is 12.9. The van der Waals surface area contributed by atoms with Gasteiger partial charge >= 0.3 is 0 Å². The van der Waals surface area contributed by atoms with Crippen LogP contribution < -0.4 is 26.0 Å². The minimum atomic E-state index is 0.00999. The molecule has 11 aromatic carbocycles. The van der Waals surface area contributed by atoms with E-state index in [-0.39, 0.29) is 6.71 Å². The summed E-state index contributed by atoms with van der Waals surface area (Å²) in [5, 5.41) is 12.0. The monoisotopic (exact) mass is 789 g/mol. The van der Waals surface area contributed by atoms with E-state index in [4.69, 9.17) is 9.15 Å². The van der Waals surface area contributed by atoms with Gasteiger partial charge in [-0.05, 0) is 91.8 Å². The van der Waals surface area contributed by atoms with Crippen LogP contribution >= 0.6 is 0 Å². The smallest absolute Gasteiger partial charge is 0.242 e. The van der Waals surface area contributed by atoms with Gasteiger partial charge in [-0.2, -0.15) is 0 Å². The molecule has 1 aliphatic rings. The van der Waals surface area contributed by atoms with Crippen molar-refractivity contribution in [3.8, 4) is 22.6 Å². The Morgan fingerprint density at radius 2 is 1.03 bits per heavy atom. The van der Waals surface area contributed by atoms with Crippen LogP contribution in [0.15, 0.2) is 223 Å². The Balaban J connectivity index is 1.03. The van der Waals surface area contributed by atoms with Gasteiger partial charge in [0.05, 0.1) is 11.4 Å². The molecular weight excluding hydrogens is 753 g/mol.